The highest BCUT2D eigenvalue weighted by Gasteiger charge is 2.27. The van der Waals surface area contributed by atoms with Gasteiger partial charge in [-0.3, -0.25) is 14.9 Å². The van der Waals surface area contributed by atoms with E-state index in [9.17, 15) is 9.59 Å². The summed E-state index contributed by atoms with van der Waals surface area (Å²) in [7, 11) is 0. The van der Waals surface area contributed by atoms with E-state index >= 15 is 0 Å². The highest BCUT2D eigenvalue weighted by molar-refractivity contribution is 6.01. The lowest BCUT2D eigenvalue weighted by molar-refractivity contribution is -0.133. The zero-order chi connectivity index (χ0) is 19.3. The van der Waals surface area contributed by atoms with Gasteiger partial charge in [0.05, 0.1) is 5.69 Å². The molecule has 0 spiro atoms. The van der Waals surface area contributed by atoms with Crippen molar-refractivity contribution < 1.29 is 14.3 Å². The van der Waals surface area contributed by atoms with Crippen LogP contribution in [0.1, 0.15) is 37.2 Å². The molecule has 3 N–H and O–H groups in total. The average molecular weight is 379 g/mol. The van der Waals surface area contributed by atoms with Crippen LogP contribution in [0.3, 0.4) is 0 Å². The fraction of sp³-hybridized carbons (Fsp3) is 0.364. The number of amides is 2. The maximum atomic E-state index is 12.2. The van der Waals surface area contributed by atoms with Crippen LogP contribution in [-0.2, 0) is 9.59 Å². The van der Waals surface area contributed by atoms with Gasteiger partial charge >= 0.3 is 0 Å². The van der Waals surface area contributed by atoms with Gasteiger partial charge < -0.3 is 15.4 Å². The molecule has 2 heterocycles. The summed E-state index contributed by atoms with van der Waals surface area (Å²) in [5.74, 6) is 1.45. The number of para-hydroxylation sites is 1. The third-order valence-electron chi connectivity index (χ3n) is 5.36. The van der Waals surface area contributed by atoms with Crippen molar-refractivity contribution in [3.8, 4) is 11.5 Å². The Morgan fingerprint density at radius 2 is 1.75 bits per heavy atom. The Hall–Kier alpha value is -2.86. The Bertz CT molecular complexity index is 847. The van der Waals surface area contributed by atoms with E-state index in [0.29, 0.717) is 24.5 Å². The van der Waals surface area contributed by atoms with Gasteiger partial charge in [0.15, 0.2) is 5.75 Å². The molecular weight excluding hydrogens is 354 g/mol. The Morgan fingerprint density at radius 1 is 0.964 bits per heavy atom. The van der Waals surface area contributed by atoms with Gasteiger partial charge in [0, 0.05) is 6.42 Å². The summed E-state index contributed by atoms with van der Waals surface area (Å²) in [5, 5.41) is 9.06. The Balaban J connectivity index is 1.60. The van der Waals surface area contributed by atoms with Crippen molar-refractivity contribution in [2.45, 2.75) is 37.6 Å². The second-order valence-electron chi connectivity index (χ2n) is 7.34. The molecular formula is C22H25N3O3. The molecule has 1 unspecified atom stereocenters. The molecule has 2 aliphatic rings. The Kier molecular flexibility index (Phi) is 5.58. The van der Waals surface area contributed by atoms with Gasteiger partial charge in [0.1, 0.15) is 11.8 Å². The fourth-order valence-electron chi connectivity index (χ4n) is 3.79. The summed E-state index contributed by atoms with van der Waals surface area (Å²) in [6.45, 7) is 2.05. The standard InChI is InChI=1S/C22H25N3O3/c26-21-9-8-19(22(27)25-21)24-18-7-6-16(15-10-12-23-13-11-15)14-20(18)28-17-4-2-1-3-5-17/h1-7,14-15,19,23-24H,8-13H2,(H,25,26,27). The minimum atomic E-state index is -0.444. The molecule has 0 bridgehead atoms. The van der Waals surface area contributed by atoms with Crippen molar-refractivity contribution >= 4 is 17.5 Å². The third-order valence-corrected chi connectivity index (χ3v) is 5.36. The van der Waals surface area contributed by atoms with E-state index in [1.165, 1.54) is 5.56 Å². The fourth-order valence-corrected chi connectivity index (χ4v) is 3.79. The molecule has 2 amide bonds. The Labute approximate surface area is 164 Å². The molecule has 0 aromatic heterocycles. The van der Waals surface area contributed by atoms with Gasteiger partial charge in [0.25, 0.3) is 0 Å². The van der Waals surface area contributed by atoms with Crippen LogP contribution in [-0.4, -0.2) is 30.9 Å². The lowest BCUT2D eigenvalue weighted by atomic mass is 9.90. The van der Waals surface area contributed by atoms with E-state index in [-0.39, 0.29) is 11.8 Å². The number of hydrogen-bond donors (Lipinski definition) is 3. The molecule has 2 fully saturated rings. The predicted octanol–water partition coefficient (Wildman–Crippen LogP) is 3.16. The zero-order valence-corrected chi connectivity index (χ0v) is 15.7. The van der Waals surface area contributed by atoms with E-state index in [1.54, 1.807) is 0 Å². The molecule has 2 aromatic carbocycles. The van der Waals surface area contributed by atoms with Crippen molar-refractivity contribution in [3.63, 3.8) is 0 Å². The summed E-state index contributed by atoms with van der Waals surface area (Å²) in [6.07, 6.45) is 3.02. The van der Waals surface area contributed by atoms with E-state index in [4.69, 9.17) is 4.74 Å². The number of benzene rings is 2. The first-order chi connectivity index (χ1) is 13.7. The summed E-state index contributed by atoms with van der Waals surface area (Å²) >= 11 is 0. The molecule has 0 radical (unpaired) electrons. The second kappa shape index (κ2) is 8.44. The molecule has 146 valence electrons. The molecule has 0 saturated carbocycles. The van der Waals surface area contributed by atoms with Crippen LogP contribution in [0.4, 0.5) is 5.69 Å². The van der Waals surface area contributed by atoms with Crippen LogP contribution in [0.5, 0.6) is 11.5 Å². The van der Waals surface area contributed by atoms with Crippen LogP contribution in [0, 0.1) is 0 Å². The number of nitrogens with one attached hydrogen (secondary N) is 3. The normalized spacial score (nSPS) is 20.5. The summed E-state index contributed by atoms with van der Waals surface area (Å²) < 4.78 is 6.16. The lowest BCUT2D eigenvalue weighted by Crippen LogP contribution is -2.47. The van der Waals surface area contributed by atoms with Gasteiger partial charge in [-0.05, 0) is 68.1 Å². The predicted molar refractivity (Wildman–Crippen MR) is 108 cm³/mol. The molecule has 2 aliphatic heterocycles. The molecule has 28 heavy (non-hydrogen) atoms. The van der Waals surface area contributed by atoms with Crippen molar-refractivity contribution in [2.75, 3.05) is 18.4 Å². The van der Waals surface area contributed by atoms with Crippen LogP contribution in [0.2, 0.25) is 0 Å². The molecule has 2 aromatic rings. The molecule has 6 nitrogen and oxygen atoms in total. The number of carbonyl (C=O) groups excluding carboxylic acids is 2. The molecule has 4 rings (SSSR count). The Morgan fingerprint density at radius 3 is 2.50 bits per heavy atom. The van der Waals surface area contributed by atoms with Crippen molar-refractivity contribution in [1.29, 1.82) is 0 Å². The van der Waals surface area contributed by atoms with E-state index in [0.717, 1.165) is 37.4 Å². The maximum Gasteiger partial charge on any atom is 0.249 e. The van der Waals surface area contributed by atoms with Gasteiger partial charge in [-0.1, -0.05) is 24.3 Å². The number of imide groups is 1. The van der Waals surface area contributed by atoms with Crippen LogP contribution in [0.15, 0.2) is 48.5 Å². The first kappa shape index (κ1) is 18.5. The topological polar surface area (TPSA) is 79.5 Å². The van der Waals surface area contributed by atoms with Crippen LogP contribution < -0.4 is 20.7 Å². The van der Waals surface area contributed by atoms with Gasteiger partial charge in [-0.2, -0.15) is 0 Å². The number of anilines is 1. The first-order valence-corrected chi connectivity index (χ1v) is 9.87. The van der Waals surface area contributed by atoms with Crippen molar-refractivity contribution in [1.82, 2.24) is 10.6 Å². The summed E-state index contributed by atoms with van der Waals surface area (Å²) in [4.78, 5) is 23.6. The first-order valence-electron chi connectivity index (χ1n) is 9.87. The van der Waals surface area contributed by atoms with Crippen molar-refractivity contribution in [3.05, 3.63) is 54.1 Å². The maximum absolute atomic E-state index is 12.2. The number of carbonyl (C=O) groups is 2. The quantitative estimate of drug-likeness (QED) is 0.696. The van der Waals surface area contributed by atoms with Crippen LogP contribution in [0.25, 0.3) is 0 Å². The molecule has 1 atom stereocenters. The summed E-state index contributed by atoms with van der Waals surface area (Å²) in [6, 6.07) is 15.4. The highest BCUT2D eigenvalue weighted by Crippen LogP contribution is 2.36. The summed E-state index contributed by atoms with van der Waals surface area (Å²) in [5.41, 5.74) is 2.01. The third kappa shape index (κ3) is 4.34. The smallest absolute Gasteiger partial charge is 0.249 e. The zero-order valence-electron chi connectivity index (χ0n) is 15.7. The van der Waals surface area contributed by atoms with Gasteiger partial charge in [-0.15, -0.1) is 0 Å². The van der Waals surface area contributed by atoms with Gasteiger partial charge in [-0.25, -0.2) is 0 Å². The molecule has 6 heteroatoms. The molecule has 2 saturated heterocycles. The number of piperidine rings is 2. The molecule has 0 aliphatic carbocycles. The largest absolute Gasteiger partial charge is 0.455 e. The average Bonchev–Trinajstić information content (AvgIpc) is 2.72. The second-order valence-corrected chi connectivity index (χ2v) is 7.34. The van der Waals surface area contributed by atoms with E-state index in [1.807, 2.05) is 36.4 Å². The van der Waals surface area contributed by atoms with Crippen molar-refractivity contribution in [2.24, 2.45) is 0 Å². The van der Waals surface area contributed by atoms with Crippen LogP contribution >= 0.6 is 0 Å². The number of hydrogen-bond acceptors (Lipinski definition) is 5. The van der Waals surface area contributed by atoms with Gasteiger partial charge in [0.2, 0.25) is 11.8 Å². The number of ether oxygens (including phenoxy) is 1. The highest BCUT2D eigenvalue weighted by atomic mass is 16.5. The number of rotatable bonds is 5. The lowest BCUT2D eigenvalue weighted by Gasteiger charge is -2.26. The minimum absolute atomic E-state index is 0.218. The van der Waals surface area contributed by atoms with E-state index < -0.39 is 6.04 Å². The van der Waals surface area contributed by atoms with E-state index in [2.05, 4.69) is 28.1 Å². The minimum Gasteiger partial charge on any atom is -0.455 e. The SMILES string of the molecule is O=C1CCC(Nc2ccc(C3CCNCC3)cc2Oc2ccccc2)C(=O)N1. The monoisotopic (exact) mass is 379 g/mol.